The third kappa shape index (κ3) is 38.3. The van der Waals surface area contributed by atoms with Gasteiger partial charge in [-0.15, -0.1) is 0 Å². The molecule has 0 aliphatic rings. The van der Waals surface area contributed by atoms with Gasteiger partial charge in [0.1, 0.15) is 6.61 Å². The molecule has 302 valence electrons. The van der Waals surface area contributed by atoms with E-state index in [0.29, 0.717) is 6.42 Å². The van der Waals surface area contributed by atoms with Crippen LogP contribution in [0.5, 0.6) is 0 Å². The number of rotatable bonds is 40. The number of phosphoric acid groups is 1. The molecule has 0 radical (unpaired) electrons. The van der Waals surface area contributed by atoms with E-state index in [2.05, 4.69) is 26.0 Å². The van der Waals surface area contributed by atoms with Crippen LogP contribution < -0.4 is 5.73 Å². The van der Waals surface area contributed by atoms with Crippen LogP contribution >= 0.6 is 7.82 Å². The zero-order chi connectivity index (χ0) is 37.5. The minimum atomic E-state index is -4.37. The SMILES string of the molecule is CCCC/C=C/CCCCCCCCCCCC(=O)OC[C@H](COP(=O)(O)OCCN)OC(=O)CCCCCCCCCCCCCCCCC. The predicted octanol–water partition coefficient (Wildman–Crippen LogP) is 11.8. The van der Waals surface area contributed by atoms with E-state index in [-0.39, 0.29) is 38.6 Å². The van der Waals surface area contributed by atoms with Crippen molar-refractivity contribution < 1.29 is 37.6 Å². The van der Waals surface area contributed by atoms with Gasteiger partial charge in [-0.05, 0) is 32.1 Å². The van der Waals surface area contributed by atoms with Crippen LogP contribution in [-0.2, 0) is 32.7 Å². The van der Waals surface area contributed by atoms with Crippen molar-refractivity contribution in [2.75, 3.05) is 26.4 Å². The summed E-state index contributed by atoms with van der Waals surface area (Å²) in [6.45, 7) is 3.72. The molecule has 0 aliphatic carbocycles. The quantitative estimate of drug-likeness (QED) is 0.0272. The van der Waals surface area contributed by atoms with Crippen molar-refractivity contribution in [1.82, 2.24) is 0 Å². The molecule has 51 heavy (non-hydrogen) atoms. The molecule has 0 fully saturated rings. The van der Waals surface area contributed by atoms with Gasteiger partial charge in [0.2, 0.25) is 0 Å². The number of allylic oxidation sites excluding steroid dienone is 2. The van der Waals surface area contributed by atoms with Gasteiger partial charge >= 0.3 is 19.8 Å². The number of hydrogen-bond acceptors (Lipinski definition) is 8. The highest BCUT2D eigenvalue weighted by Crippen LogP contribution is 2.43. The number of nitrogens with two attached hydrogens (primary N) is 1. The zero-order valence-electron chi connectivity index (χ0n) is 33.1. The molecule has 2 atom stereocenters. The molecule has 0 saturated carbocycles. The van der Waals surface area contributed by atoms with E-state index in [1.54, 1.807) is 0 Å². The second-order valence-electron chi connectivity index (χ2n) is 14.2. The van der Waals surface area contributed by atoms with Gasteiger partial charge in [-0.1, -0.05) is 174 Å². The lowest BCUT2D eigenvalue weighted by Crippen LogP contribution is -2.29. The molecule has 9 nitrogen and oxygen atoms in total. The molecule has 0 amide bonds. The van der Waals surface area contributed by atoms with Crippen LogP contribution in [0.2, 0.25) is 0 Å². The summed E-state index contributed by atoms with van der Waals surface area (Å²) in [5.41, 5.74) is 5.34. The van der Waals surface area contributed by atoms with Crippen LogP contribution in [0.15, 0.2) is 12.2 Å². The monoisotopic (exact) mass is 746 g/mol. The fraction of sp³-hybridized carbons (Fsp3) is 0.902. The third-order valence-corrected chi connectivity index (χ3v) is 10.1. The Kier molecular flexibility index (Phi) is 37.5. The molecule has 1 unspecified atom stereocenters. The first-order chi connectivity index (χ1) is 24.8. The fourth-order valence-corrected chi connectivity index (χ4v) is 6.73. The summed E-state index contributed by atoms with van der Waals surface area (Å²) in [7, 11) is -4.37. The zero-order valence-corrected chi connectivity index (χ0v) is 34.0. The first kappa shape index (κ1) is 49.8. The van der Waals surface area contributed by atoms with E-state index in [1.807, 2.05) is 0 Å². The molecule has 0 bridgehead atoms. The van der Waals surface area contributed by atoms with Gasteiger partial charge in [0, 0.05) is 19.4 Å². The molecular weight excluding hydrogens is 665 g/mol. The van der Waals surface area contributed by atoms with E-state index >= 15 is 0 Å². The first-order valence-corrected chi connectivity index (χ1v) is 22.7. The molecule has 0 heterocycles. The average Bonchev–Trinajstić information content (AvgIpc) is 3.11. The second kappa shape index (κ2) is 38.5. The number of carbonyl (C=O) groups excluding carboxylic acids is 2. The van der Waals surface area contributed by atoms with Gasteiger partial charge in [-0.25, -0.2) is 4.57 Å². The molecule has 3 N–H and O–H groups in total. The van der Waals surface area contributed by atoms with E-state index in [1.165, 1.54) is 141 Å². The lowest BCUT2D eigenvalue weighted by Gasteiger charge is -2.19. The van der Waals surface area contributed by atoms with Crippen molar-refractivity contribution in [2.45, 2.75) is 213 Å². The minimum Gasteiger partial charge on any atom is -0.462 e. The van der Waals surface area contributed by atoms with Crippen molar-refractivity contribution in [3.8, 4) is 0 Å². The second-order valence-corrected chi connectivity index (χ2v) is 15.7. The van der Waals surface area contributed by atoms with Gasteiger partial charge < -0.3 is 20.1 Å². The van der Waals surface area contributed by atoms with Crippen LogP contribution in [0.4, 0.5) is 0 Å². The summed E-state index contributed by atoms with van der Waals surface area (Å²) in [4.78, 5) is 34.8. The number of esters is 2. The Hall–Kier alpha value is -1.25. The number of hydrogen-bond donors (Lipinski definition) is 2. The normalized spacial score (nSPS) is 13.4. The van der Waals surface area contributed by atoms with E-state index in [9.17, 15) is 19.0 Å². The Morgan fingerprint density at radius 3 is 1.45 bits per heavy atom. The van der Waals surface area contributed by atoms with Gasteiger partial charge in [-0.3, -0.25) is 18.6 Å². The van der Waals surface area contributed by atoms with Gasteiger partial charge in [-0.2, -0.15) is 0 Å². The maximum Gasteiger partial charge on any atom is 0.472 e. The molecule has 0 saturated heterocycles. The van der Waals surface area contributed by atoms with Crippen LogP contribution in [0, 0.1) is 0 Å². The number of ether oxygens (including phenoxy) is 2. The molecule has 0 spiro atoms. The highest BCUT2D eigenvalue weighted by atomic mass is 31.2. The van der Waals surface area contributed by atoms with Crippen molar-refractivity contribution in [2.24, 2.45) is 5.73 Å². The first-order valence-electron chi connectivity index (χ1n) is 21.2. The summed E-state index contributed by atoms with van der Waals surface area (Å²) in [5.74, 6) is -0.821. The molecular formula is C41H80NO8P. The van der Waals surface area contributed by atoms with Gasteiger partial charge in [0.15, 0.2) is 6.10 Å². The van der Waals surface area contributed by atoms with E-state index in [4.69, 9.17) is 24.3 Å². The Balaban J connectivity index is 4.13. The van der Waals surface area contributed by atoms with Crippen LogP contribution in [0.1, 0.15) is 206 Å². The highest BCUT2D eigenvalue weighted by molar-refractivity contribution is 7.47. The van der Waals surface area contributed by atoms with E-state index < -0.39 is 26.5 Å². The number of phosphoric ester groups is 1. The van der Waals surface area contributed by atoms with Crippen LogP contribution in [0.3, 0.4) is 0 Å². The largest absolute Gasteiger partial charge is 0.472 e. The number of carbonyl (C=O) groups is 2. The smallest absolute Gasteiger partial charge is 0.462 e. The Morgan fingerprint density at radius 1 is 0.569 bits per heavy atom. The average molecular weight is 746 g/mol. The maximum atomic E-state index is 12.6. The van der Waals surface area contributed by atoms with Crippen molar-refractivity contribution in [3.05, 3.63) is 12.2 Å². The number of unbranched alkanes of at least 4 members (excludes halogenated alkanes) is 25. The molecule has 0 aliphatic heterocycles. The molecule has 0 aromatic heterocycles. The van der Waals surface area contributed by atoms with Crippen molar-refractivity contribution in [3.63, 3.8) is 0 Å². The Morgan fingerprint density at radius 2 is 0.980 bits per heavy atom. The van der Waals surface area contributed by atoms with Gasteiger partial charge in [0.25, 0.3) is 0 Å². The highest BCUT2D eigenvalue weighted by Gasteiger charge is 2.26. The fourth-order valence-electron chi connectivity index (χ4n) is 5.97. The molecule has 10 heteroatoms. The predicted molar refractivity (Wildman–Crippen MR) is 211 cm³/mol. The Labute approximate surface area is 313 Å². The summed E-state index contributed by atoms with van der Waals surface area (Å²) < 4.78 is 32.7. The topological polar surface area (TPSA) is 134 Å². The molecule has 0 aromatic carbocycles. The standard InChI is InChI=1S/C41H80NO8P/c1-3-5-7-9-11-13-15-17-19-21-23-25-27-29-31-33-40(43)47-37-39(38-49-51(45,46)48-36-35-42)50-41(44)34-32-30-28-26-24-22-20-18-16-14-12-10-8-6-4-2/h9,11,39H,3-8,10,12-38,42H2,1-2H3,(H,45,46)/b11-9+/t39-/m1/s1. The Bertz CT molecular complexity index is 856. The summed E-state index contributed by atoms with van der Waals surface area (Å²) in [6, 6.07) is 0. The molecule has 0 aromatic rings. The maximum absolute atomic E-state index is 12.6. The van der Waals surface area contributed by atoms with Crippen LogP contribution in [0.25, 0.3) is 0 Å². The van der Waals surface area contributed by atoms with Crippen molar-refractivity contribution in [1.29, 1.82) is 0 Å². The third-order valence-electron chi connectivity index (χ3n) is 9.15. The summed E-state index contributed by atoms with van der Waals surface area (Å²) in [6.07, 6.45) is 38.0. The van der Waals surface area contributed by atoms with Crippen LogP contribution in [-0.4, -0.2) is 49.3 Å². The lowest BCUT2D eigenvalue weighted by molar-refractivity contribution is -0.161. The summed E-state index contributed by atoms with van der Waals surface area (Å²) in [5, 5.41) is 0. The summed E-state index contributed by atoms with van der Waals surface area (Å²) >= 11 is 0. The lowest BCUT2D eigenvalue weighted by atomic mass is 10.0. The van der Waals surface area contributed by atoms with Crippen molar-refractivity contribution >= 4 is 19.8 Å². The van der Waals surface area contributed by atoms with E-state index in [0.717, 1.165) is 32.1 Å². The molecule has 0 rings (SSSR count). The van der Waals surface area contributed by atoms with Gasteiger partial charge in [0.05, 0.1) is 13.2 Å². The minimum absolute atomic E-state index is 0.0561.